The summed E-state index contributed by atoms with van der Waals surface area (Å²) in [5, 5.41) is 9.03. The van der Waals surface area contributed by atoms with Gasteiger partial charge in [0.25, 0.3) is 5.56 Å². The van der Waals surface area contributed by atoms with E-state index in [1.807, 2.05) is 7.05 Å². The topological polar surface area (TPSA) is 59.9 Å². The lowest BCUT2D eigenvalue weighted by atomic mass is 10.0. The molecule has 1 aromatic heterocycles. The SMILES string of the molecule is CN1CCc2[nH]c(=O)c(Br)c(C#N)c2C1. The highest BCUT2D eigenvalue weighted by Crippen LogP contribution is 2.22. The van der Waals surface area contributed by atoms with Gasteiger partial charge in [-0.15, -0.1) is 0 Å². The molecule has 0 fully saturated rings. The summed E-state index contributed by atoms with van der Waals surface area (Å²) in [5.74, 6) is 0. The van der Waals surface area contributed by atoms with Crippen LogP contribution < -0.4 is 5.56 Å². The standard InChI is InChI=1S/C10H10BrN3O/c1-14-3-2-8-7(5-14)6(4-12)9(11)10(15)13-8/h2-3,5H2,1H3,(H,13,15). The fourth-order valence-electron chi connectivity index (χ4n) is 1.82. The molecule has 0 bridgehead atoms. The summed E-state index contributed by atoms with van der Waals surface area (Å²) in [4.78, 5) is 16.4. The summed E-state index contributed by atoms with van der Waals surface area (Å²) < 4.78 is 0.346. The highest BCUT2D eigenvalue weighted by molar-refractivity contribution is 9.10. The Labute approximate surface area is 95.7 Å². The van der Waals surface area contributed by atoms with Crippen LogP contribution in [0.15, 0.2) is 9.27 Å². The number of hydrogen-bond donors (Lipinski definition) is 1. The molecule has 2 heterocycles. The lowest BCUT2D eigenvalue weighted by Crippen LogP contribution is -2.30. The molecule has 1 aliphatic rings. The molecule has 1 aliphatic heterocycles. The van der Waals surface area contributed by atoms with Gasteiger partial charge < -0.3 is 9.88 Å². The van der Waals surface area contributed by atoms with Crippen LogP contribution in [-0.2, 0) is 13.0 Å². The Hall–Kier alpha value is -1.12. The Morgan fingerprint density at radius 1 is 1.60 bits per heavy atom. The number of aromatic amines is 1. The van der Waals surface area contributed by atoms with Gasteiger partial charge in [0, 0.05) is 30.8 Å². The van der Waals surface area contributed by atoms with Crippen LogP contribution in [0.1, 0.15) is 16.8 Å². The molecule has 0 saturated carbocycles. The number of nitrogens with zero attached hydrogens (tertiary/aromatic N) is 2. The normalized spacial score (nSPS) is 15.8. The second kappa shape index (κ2) is 3.80. The molecule has 4 nitrogen and oxygen atoms in total. The molecule has 0 aliphatic carbocycles. The number of likely N-dealkylation sites (N-methyl/N-ethyl adjacent to an activating group) is 1. The Bertz CT molecular complexity index is 501. The highest BCUT2D eigenvalue weighted by Gasteiger charge is 2.20. The first kappa shape index (κ1) is 10.4. The van der Waals surface area contributed by atoms with Gasteiger partial charge in [-0.1, -0.05) is 0 Å². The van der Waals surface area contributed by atoms with Crippen molar-refractivity contribution in [1.29, 1.82) is 5.26 Å². The molecule has 0 amide bonds. The summed E-state index contributed by atoms with van der Waals surface area (Å²) in [6.07, 6.45) is 0.795. The first-order chi connectivity index (χ1) is 7.13. The van der Waals surface area contributed by atoms with Gasteiger partial charge in [-0.25, -0.2) is 0 Å². The quantitative estimate of drug-likeness (QED) is 0.763. The number of H-pyrrole nitrogens is 1. The average molecular weight is 268 g/mol. The maximum absolute atomic E-state index is 11.5. The zero-order chi connectivity index (χ0) is 11.0. The van der Waals surface area contributed by atoms with Gasteiger partial charge in [-0.2, -0.15) is 5.26 Å². The van der Waals surface area contributed by atoms with Crippen LogP contribution in [0.3, 0.4) is 0 Å². The summed E-state index contributed by atoms with van der Waals surface area (Å²) in [6, 6.07) is 2.09. The first-order valence-electron chi connectivity index (χ1n) is 4.65. The molecular weight excluding hydrogens is 258 g/mol. The molecule has 0 spiro atoms. The van der Waals surface area contributed by atoms with Gasteiger partial charge in [-0.3, -0.25) is 4.79 Å². The van der Waals surface area contributed by atoms with E-state index in [0.717, 1.165) is 24.2 Å². The van der Waals surface area contributed by atoms with Crippen molar-refractivity contribution >= 4 is 15.9 Å². The Morgan fingerprint density at radius 2 is 2.33 bits per heavy atom. The Balaban J connectivity index is 2.68. The molecule has 5 heteroatoms. The zero-order valence-corrected chi connectivity index (χ0v) is 9.89. The predicted molar refractivity (Wildman–Crippen MR) is 59.5 cm³/mol. The van der Waals surface area contributed by atoms with Crippen molar-refractivity contribution < 1.29 is 0 Å². The molecule has 0 aromatic carbocycles. The summed E-state index contributed by atoms with van der Waals surface area (Å²) >= 11 is 3.15. The minimum absolute atomic E-state index is 0.213. The molecule has 1 N–H and O–H groups in total. The van der Waals surface area contributed by atoms with Gasteiger partial charge in [0.2, 0.25) is 0 Å². The summed E-state index contributed by atoms with van der Waals surface area (Å²) in [6.45, 7) is 1.63. The van der Waals surface area contributed by atoms with Gasteiger partial charge in [0.05, 0.1) is 5.56 Å². The van der Waals surface area contributed by atoms with Crippen molar-refractivity contribution in [3.05, 3.63) is 31.6 Å². The van der Waals surface area contributed by atoms with Crippen molar-refractivity contribution in [2.24, 2.45) is 0 Å². The van der Waals surface area contributed by atoms with E-state index in [9.17, 15) is 4.79 Å². The fourth-order valence-corrected chi connectivity index (χ4v) is 2.25. The zero-order valence-electron chi connectivity index (χ0n) is 8.30. The molecule has 0 atom stereocenters. The molecule has 0 unspecified atom stereocenters. The summed E-state index contributed by atoms with van der Waals surface area (Å²) in [5.41, 5.74) is 2.10. The average Bonchev–Trinajstić information content (AvgIpc) is 2.21. The van der Waals surface area contributed by atoms with E-state index in [1.165, 1.54) is 0 Å². The van der Waals surface area contributed by atoms with Crippen LogP contribution in [0.25, 0.3) is 0 Å². The van der Waals surface area contributed by atoms with Crippen LogP contribution >= 0.6 is 15.9 Å². The number of fused-ring (bicyclic) bond motifs is 1. The van der Waals surface area contributed by atoms with E-state index in [0.29, 0.717) is 16.6 Å². The van der Waals surface area contributed by atoms with Gasteiger partial charge >= 0.3 is 0 Å². The van der Waals surface area contributed by atoms with E-state index in [-0.39, 0.29) is 5.56 Å². The number of aromatic nitrogens is 1. The number of hydrogen-bond acceptors (Lipinski definition) is 3. The van der Waals surface area contributed by atoms with Gasteiger partial charge in [0.1, 0.15) is 10.5 Å². The maximum atomic E-state index is 11.5. The van der Waals surface area contributed by atoms with Crippen LogP contribution in [-0.4, -0.2) is 23.5 Å². The molecule has 0 radical (unpaired) electrons. The first-order valence-corrected chi connectivity index (χ1v) is 5.45. The molecule has 15 heavy (non-hydrogen) atoms. The van der Waals surface area contributed by atoms with Gasteiger partial charge in [0.15, 0.2) is 0 Å². The van der Waals surface area contributed by atoms with E-state index in [4.69, 9.17) is 5.26 Å². The molecule has 78 valence electrons. The Kier molecular flexibility index (Phi) is 2.63. The molecule has 1 aromatic rings. The number of nitriles is 1. The number of nitrogens with one attached hydrogen (secondary N) is 1. The van der Waals surface area contributed by atoms with E-state index >= 15 is 0 Å². The predicted octanol–water partition coefficient (Wildman–Crippen LogP) is 0.997. The lowest BCUT2D eigenvalue weighted by Gasteiger charge is -2.25. The van der Waals surface area contributed by atoms with Crippen LogP contribution in [0.4, 0.5) is 0 Å². The van der Waals surface area contributed by atoms with E-state index in [2.05, 4.69) is 31.9 Å². The lowest BCUT2D eigenvalue weighted by molar-refractivity contribution is 0.309. The smallest absolute Gasteiger partial charge is 0.263 e. The number of rotatable bonds is 0. The van der Waals surface area contributed by atoms with Crippen molar-refractivity contribution in [3.63, 3.8) is 0 Å². The number of pyridine rings is 1. The molecule has 2 rings (SSSR count). The fraction of sp³-hybridized carbons (Fsp3) is 0.400. The van der Waals surface area contributed by atoms with Crippen molar-refractivity contribution in [1.82, 2.24) is 9.88 Å². The minimum Gasteiger partial charge on any atom is -0.325 e. The maximum Gasteiger partial charge on any atom is 0.263 e. The third-order valence-corrected chi connectivity index (χ3v) is 3.39. The third-order valence-electron chi connectivity index (χ3n) is 2.63. The summed E-state index contributed by atoms with van der Waals surface area (Å²) in [7, 11) is 2.00. The second-order valence-electron chi connectivity index (χ2n) is 3.70. The van der Waals surface area contributed by atoms with Gasteiger partial charge in [-0.05, 0) is 23.0 Å². The third kappa shape index (κ3) is 1.71. The van der Waals surface area contributed by atoms with E-state index in [1.54, 1.807) is 0 Å². The van der Waals surface area contributed by atoms with E-state index < -0.39 is 0 Å². The molecular formula is C10H10BrN3O. The van der Waals surface area contributed by atoms with Crippen LogP contribution in [0.5, 0.6) is 0 Å². The van der Waals surface area contributed by atoms with Crippen molar-refractivity contribution in [2.45, 2.75) is 13.0 Å². The number of halogens is 1. The Morgan fingerprint density at radius 3 is 3.00 bits per heavy atom. The largest absolute Gasteiger partial charge is 0.325 e. The molecule has 0 saturated heterocycles. The minimum atomic E-state index is -0.213. The van der Waals surface area contributed by atoms with Crippen LogP contribution in [0, 0.1) is 11.3 Å². The van der Waals surface area contributed by atoms with Crippen molar-refractivity contribution in [3.8, 4) is 6.07 Å². The second-order valence-corrected chi connectivity index (χ2v) is 4.49. The van der Waals surface area contributed by atoms with Crippen molar-refractivity contribution in [2.75, 3.05) is 13.6 Å². The monoisotopic (exact) mass is 267 g/mol. The highest BCUT2D eigenvalue weighted by atomic mass is 79.9. The van der Waals surface area contributed by atoms with Crippen LogP contribution in [0.2, 0.25) is 0 Å².